The molecule has 1 amide bonds. The third kappa shape index (κ3) is 4.61. The molecule has 0 bridgehead atoms. The lowest BCUT2D eigenvalue weighted by Gasteiger charge is -2.24. The number of rotatable bonds is 7. The molecule has 0 spiro atoms. The molecule has 2 unspecified atom stereocenters. The van der Waals surface area contributed by atoms with Gasteiger partial charge in [-0.15, -0.1) is 0 Å². The molecule has 0 rings (SSSR count). The highest BCUT2D eigenvalue weighted by Crippen LogP contribution is 2.23. The van der Waals surface area contributed by atoms with Gasteiger partial charge in [0.1, 0.15) is 5.60 Å². The summed E-state index contributed by atoms with van der Waals surface area (Å²) in [6.07, 6.45) is 4.83. The van der Waals surface area contributed by atoms with Crippen LogP contribution in [-0.2, 0) is 4.79 Å². The van der Waals surface area contributed by atoms with Gasteiger partial charge in [0.2, 0.25) is 5.91 Å². The van der Waals surface area contributed by atoms with E-state index in [1.54, 1.807) is 0 Å². The van der Waals surface area contributed by atoms with Crippen LogP contribution in [0.25, 0.3) is 0 Å². The first-order valence-electron chi connectivity index (χ1n) is 5.46. The molecule has 0 saturated heterocycles. The molecular formula is C11H23NO2. The molecule has 0 radical (unpaired) electrons. The molecule has 0 aromatic carbocycles. The van der Waals surface area contributed by atoms with E-state index >= 15 is 0 Å². The van der Waals surface area contributed by atoms with E-state index in [0.717, 1.165) is 25.7 Å². The Hall–Kier alpha value is -0.570. The third-order valence-electron chi connectivity index (χ3n) is 2.76. The fraction of sp³-hybridized carbons (Fsp3) is 0.909. The lowest BCUT2D eigenvalue weighted by atomic mass is 9.86. The second kappa shape index (κ2) is 6.02. The topological polar surface area (TPSA) is 63.3 Å². The van der Waals surface area contributed by atoms with Crippen LogP contribution in [0.1, 0.15) is 52.9 Å². The number of primary amides is 1. The minimum absolute atomic E-state index is 0.400. The van der Waals surface area contributed by atoms with Crippen molar-refractivity contribution >= 4 is 5.91 Å². The van der Waals surface area contributed by atoms with Gasteiger partial charge in [-0.2, -0.15) is 0 Å². The van der Waals surface area contributed by atoms with Gasteiger partial charge < -0.3 is 10.8 Å². The summed E-state index contributed by atoms with van der Waals surface area (Å²) in [6, 6.07) is 0. The van der Waals surface area contributed by atoms with Crippen molar-refractivity contribution in [1.29, 1.82) is 0 Å². The fourth-order valence-corrected chi connectivity index (χ4v) is 1.61. The molecule has 3 nitrogen and oxygen atoms in total. The molecule has 3 N–H and O–H groups in total. The molecular weight excluding hydrogens is 178 g/mol. The van der Waals surface area contributed by atoms with Crippen molar-refractivity contribution in [3.8, 4) is 0 Å². The largest absolute Gasteiger partial charge is 0.380 e. The van der Waals surface area contributed by atoms with E-state index in [9.17, 15) is 9.90 Å². The Labute approximate surface area is 86.7 Å². The molecule has 0 aliphatic rings. The maximum absolute atomic E-state index is 10.9. The first-order chi connectivity index (χ1) is 6.44. The van der Waals surface area contributed by atoms with Crippen LogP contribution >= 0.6 is 0 Å². The molecule has 84 valence electrons. The van der Waals surface area contributed by atoms with E-state index in [1.165, 1.54) is 6.92 Å². The quantitative estimate of drug-likeness (QED) is 0.660. The number of amides is 1. The Balaban J connectivity index is 4.09. The van der Waals surface area contributed by atoms with Gasteiger partial charge in [-0.3, -0.25) is 4.79 Å². The second-order valence-electron chi connectivity index (χ2n) is 4.26. The SMILES string of the molecule is CCCCC(CC)CC(C)(O)C(N)=O. The van der Waals surface area contributed by atoms with Crippen molar-refractivity contribution in [3.63, 3.8) is 0 Å². The first kappa shape index (κ1) is 13.4. The molecule has 2 atom stereocenters. The number of carbonyl (C=O) groups is 1. The fourth-order valence-electron chi connectivity index (χ4n) is 1.61. The van der Waals surface area contributed by atoms with Crippen molar-refractivity contribution in [3.05, 3.63) is 0 Å². The van der Waals surface area contributed by atoms with Gasteiger partial charge in [0.05, 0.1) is 0 Å². The average Bonchev–Trinajstić information content (AvgIpc) is 2.11. The van der Waals surface area contributed by atoms with Crippen molar-refractivity contribution in [1.82, 2.24) is 0 Å². The molecule has 0 aromatic heterocycles. The van der Waals surface area contributed by atoms with Crippen LogP contribution in [0.3, 0.4) is 0 Å². The van der Waals surface area contributed by atoms with Crippen LogP contribution in [0.4, 0.5) is 0 Å². The van der Waals surface area contributed by atoms with Crippen LogP contribution in [0, 0.1) is 5.92 Å². The molecule has 0 saturated carbocycles. The van der Waals surface area contributed by atoms with Crippen molar-refractivity contribution in [2.75, 3.05) is 0 Å². The Kier molecular flexibility index (Phi) is 5.77. The summed E-state index contributed by atoms with van der Waals surface area (Å²) >= 11 is 0. The van der Waals surface area contributed by atoms with Gasteiger partial charge in [0.15, 0.2) is 0 Å². The lowest BCUT2D eigenvalue weighted by Crippen LogP contribution is -2.42. The van der Waals surface area contributed by atoms with E-state index < -0.39 is 11.5 Å². The normalized spacial score (nSPS) is 17.4. The van der Waals surface area contributed by atoms with E-state index in [1.807, 2.05) is 0 Å². The van der Waals surface area contributed by atoms with Crippen LogP contribution < -0.4 is 5.73 Å². The number of hydrogen-bond acceptors (Lipinski definition) is 2. The zero-order chi connectivity index (χ0) is 11.2. The molecule has 3 heteroatoms. The maximum atomic E-state index is 10.9. The minimum Gasteiger partial charge on any atom is -0.380 e. The van der Waals surface area contributed by atoms with E-state index in [2.05, 4.69) is 13.8 Å². The first-order valence-corrected chi connectivity index (χ1v) is 5.46. The monoisotopic (exact) mass is 201 g/mol. The van der Waals surface area contributed by atoms with Crippen molar-refractivity contribution in [2.24, 2.45) is 11.7 Å². The summed E-state index contributed by atoms with van der Waals surface area (Å²) in [5, 5.41) is 9.72. The van der Waals surface area contributed by atoms with Crippen LogP contribution in [0.15, 0.2) is 0 Å². The Morgan fingerprint density at radius 3 is 2.43 bits per heavy atom. The Morgan fingerprint density at radius 2 is 2.07 bits per heavy atom. The zero-order valence-corrected chi connectivity index (χ0v) is 9.55. The van der Waals surface area contributed by atoms with E-state index in [4.69, 9.17) is 5.73 Å². The van der Waals surface area contributed by atoms with Gasteiger partial charge in [-0.25, -0.2) is 0 Å². The number of carbonyl (C=O) groups excluding carboxylic acids is 1. The van der Waals surface area contributed by atoms with Crippen LogP contribution in [-0.4, -0.2) is 16.6 Å². The number of unbranched alkanes of at least 4 members (excludes halogenated alkanes) is 1. The summed E-state index contributed by atoms with van der Waals surface area (Å²) in [5.74, 6) is -0.218. The molecule has 0 aliphatic carbocycles. The highest BCUT2D eigenvalue weighted by atomic mass is 16.3. The molecule has 0 aromatic rings. The summed E-state index contributed by atoms with van der Waals surface area (Å²) in [5.41, 5.74) is 3.77. The number of nitrogens with two attached hydrogens (primary N) is 1. The second-order valence-corrected chi connectivity index (χ2v) is 4.26. The standard InChI is InChI=1S/C11H23NO2/c1-4-6-7-9(5-2)8-11(3,14)10(12)13/h9,14H,4-8H2,1-3H3,(H2,12,13). The molecule has 0 fully saturated rings. The summed E-state index contributed by atoms with van der Waals surface area (Å²) in [7, 11) is 0. The van der Waals surface area contributed by atoms with E-state index in [-0.39, 0.29) is 0 Å². The van der Waals surface area contributed by atoms with Gasteiger partial charge in [0.25, 0.3) is 0 Å². The molecule has 14 heavy (non-hydrogen) atoms. The van der Waals surface area contributed by atoms with Crippen LogP contribution in [0.5, 0.6) is 0 Å². The summed E-state index contributed by atoms with van der Waals surface area (Å²) in [6.45, 7) is 5.72. The average molecular weight is 201 g/mol. The van der Waals surface area contributed by atoms with Gasteiger partial charge in [-0.05, 0) is 19.3 Å². The highest BCUT2D eigenvalue weighted by Gasteiger charge is 2.30. The Bertz CT molecular complexity index is 178. The lowest BCUT2D eigenvalue weighted by molar-refractivity contribution is -0.136. The summed E-state index contributed by atoms with van der Waals surface area (Å²) in [4.78, 5) is 10.9. The number of aliphatic hydroxyl groups is 1. The van der Waals surface area contributed by atoms with Crippen molar-refractivity contribution in [2.45, 2.75) is 58.5 Å². The van der Waals surface area contributed by atoms with Gasteiger partial charge in [-0.1, -0.05) is 39.5 Å². The number of hydrogen-bond donors (Lipinski definition) is 2. The zero-order valence-electron chi connectivity index (χ0n) is 9.55. The predicted molar refractivity (Wildman–Crippen MR) is 57.7 cm³/mol. The van der Waals surface area contributed by atoms with Crippen molar-refractivity contribution < 1.29 is 9.90 Å². The summed E-state index contributed by atoms with van der Waals surface area (Å²) < 4.78 is 0. The third-order valence-corrected chi connectivity index (χ3v) is 2.76. The van der Waals surface area contributed by atoms with Gasteiger partial charge in [0, 0.05) is 0 Å². The molecule has 0 aliphatic heterocycles. The van der Waals surface area contributed by atoms with E-state index in [0.29, 0.717) is 12.3 Å². The maximum Gasteiger partial charge on any atom is 0.249 e. The molecule has 0 heterocycles. The Morgan fingerprint density at radius 1 is 1.50 bits per heavy atom. The van der Waals surface area contributed by atoms with Crippen LogP contribution in [0.2, 0.25) is 0 Å². The smallest absolute Gasteiger partial charge is 0.249 e. The predicted octanol–water partition coefficient (Wildman–Crippen LogP) is 1.83. The van der Waals surface area contributed by atoms with Gasteiger partial charge >= 0.3 is 0 Å². The highest BCUT2D eigenvalue weighted by molar-refractivity contribution is 5.82. The minimum atomic E-state index is -1.34.